The maximum Gasteiger partial charge on any atom is 0.193 e. The largest absolute Gasteiger partial charge is 0.379 e. The van der Waals surface area contributed by atoms with Crippen LogP contribution in [0.1, 0.15) is 18.9 Å². The van der Waals surface area contributed by atoms with Gasteiger partial charge in [-0.2, -0.15) is 0 Å². The molecule has 0 spiro atoms. The van der Waals surface area contributed by atoms with Crippen LogP contribution in [0.2, 0.25) is 5.02 Å². The van der Waals surface area contributed by atoms with Crippen LogP contribution in [-0.4, -0.2) is 74.3 Å². The van der Waals surface area contributed by atoms with E-state index < -0.39 is 0 Å². The van der Waals surface area contributed by atoms with Crippen molar-refractivity contribution in [2.45, 2.75) is 25.8 Å². The maximum absolute atomic E-state index is 6.06. The molecule has 0 radical (unpaired) electrons. The molecule has 0 bridgehead atoms. The first-order valence-electron chi connectivity index (χ1n) is 9.35. The fourth-order valence-corrected chi connectivity index (χ4v) is 3.80. The van der Waals surface area contributed by atoms with Crippen LogP contribution in [0.5, 0.6) is 0 Å². The van der Waals surface area contributed by atoms with E-state index in [2.05, 4.69) is 28.1 Å². The van der Waals surface area contributed by atoms with Crippen molar-refractivity contribution >= 4 is 17.6 Å². The predicted octanol–water partition coefficient (Wildman–Crippen LogP) is 2.25. The van der Waals surface area contributed by atoms with E-state index in [9.17, 15) is 0 Å². The number of rotatable bonds is 5. The number of hydrogen-bond donors (Lipinski definition) is 1. The number of guanidine groups is 1. The third-order valence-electron chi connectivity index (χ3n) is 4.91. The minimum Gasteiger partial charge on any atom is -0.379 e. The second kappa shape index (κ2) is 9.41. The van der Waals surface area contributed by atoms with Crippen LogP contribution in [0.3, 0.4) is 0 Å². The lowest BCUT2D eigenvalue weighted by Crippen LogP contribution is -2.46. The summed E-state index contributed by atoms with van der Waals surface area (Å²) in [5, 5.41) is 4.25. The van der Waals surface area contributed by atoms with Gasteiger partial charge in [-0.15, -0.1) is 0 Å². The zero-order chi connectivity index (χ0) is 17.5. The lowest BCUT2D eigenvalue weighted by Gasteiger charge is -2.32. The first kappa shape index (κ1) is 18.5. The molecule has 5 nitrogen and oxygen atoms in total. The van der Waals surface area contributed by atoms with Gasteiger partial charge in [0, 0.05) is 50.3 Å². The average Bonchev–Trinajstić information content (AvgIpc) is 3.12. The third-order valence-corrected chi connectivity index (χ3v) is 5.15. The van der Waals surface area contributed by atoms with E-state index in [-0.39, 0.29) is 0 Å². The smallest absolute Gasteiger partial charge is 0.193 e. The Morgan fingerprint density at radius 1 is 1.32 bits per heavy atom. The fourth-order valence-electron chi connectivity index (χ4n) is 3.58. The number of nitrogens with zero attached hydrogens (tertiary/aromatic N) is 3. The summed E-state index contributed by atoms with van der Waals surface area (Å²) in [6.45, 7) is 9.78. The van der Waals surface area contributed by atoms with Crippen molar-refractivity contribution in [1.82, 2.24) is 15.1 Å². The molecule has 2 aliphatic heterocycles. The normalized spacial score (nSPS) is 22.4. The van der Waals surface area contributed by atoms with Crippen LogP contribution in [0.25, 0.3) is 0 Å². The van der Waals surface area contributed by atoms with E-state index >= 15 is 0 Å². The first-order valence-corrected chi connectivity index (χ1v) is 9.73. The van der Waals surface area contributed by atoms with Crippen LogP contribution in [0, 0.1) is 0 Å². The summed E-state index contributed by atoms with van der Waals surface area (Å²) in [7, 11) is 0. The van der Waals surface area contributed by atoms with Gasteiger partial charge in [0.25, 0.3) is 0 Å². The number of nitrogens with one attached hydrogen (secondary N) is 1. The van der Waals surface area contributed by atoms with Crippen LogP contribution < -0.4 is 5.32 Å². The van der Waals surface area contributed by atoms with E-state index in [1.807, 2.05) is 18.2 Å². The van der Waals surface area contributed by atoms with Crippen molar-refractivity contribution in [2.24, 2.45) is 4.99 Å². The highest BCUT2D eigenvalue weighted by molar-refractivity contribution is 6.30. The summed E-state index contributed by atoms with van der Waals surface area (Å²) in [4.78, 5) is 9.82. The number of morpholine rings is 1. The molecule has 1 aromatic carbocycles. The van der Waals surface area contributed by atoms with Gasteiger partial charge in [0.15, 0.2) is 5.96 Å². The molecule has 1 atom stereocenters. The van der Waals surface area contributed by atoms with Gasteiger partial charge in [0.1, 0.15) is 0 Å². The third kappa shape index (κ3) is 5.33. The summed E-state index contributed by atoms with van der Waals surface area (Å²) in [5.41, 5.74) is 1.24. The van der Waals surface area contributed by atoms with E-state index in [0.717, 1.165) is 69.9 Å². The lowest BCUT2D eigenvalue weighted by molar-refractivity contribution is 0.0195. The number of likely N-dealkylation sites (tertiary alicyclic amines) is 1. The van der Waals surface area contributed by atoms with Gasteiger partial charge in [-0.3, -0.25) is 9.89 Å². The quantitative estimate of drug-likeness (QED) is 0.642. The van der Waals surface area contributed by atoms with Crippen molar-refractivity contribution < 1.29 is 4.74 Å². The van der Waals surface area contributed by atoms with Crippen molar-refractivity contribution in [3.63, 3.8) is 0 Å². The summed E-state index contributed by atoms with van der Waals surface area (Å²) < 4.78 is 5.47. The van der Waals surface area contributed by atoms with E-state index in [0.29, 0.717) is 6.04 Å². The minimum absolute atomic E-state index is 0.626. The zero-order valence-electron chi connectivity index (χ0n) is 15.1. The molecule has 2 fully saturated rings. The molecule has 2 aliphatic rings. The molecular formula is C19H29ClN4O. The monoisotopic (exact) mass is 364 g/mol. The molecule has 1 aromatic rings. The van der Waals surface area contributed by atoms with Gasteiger partial charge < -0.3 is 15.0 Å². The molecule has 0 amide bonds. The molecule has 25 heavy (non-hydrogen) atoms. The van der Waals surface area contributed by atoms with Crippen LogP contribution >= 0.6 is 11.6 Å². The molecule has 138 valence electrons. The topological polar surface area (TPSA) is 40.1 Å². The van der Waals surface area contributed by atoms with Crippen molar-refractivity contribution in [3.8, 4) is 0 Å². The summed E-state index contributed by atoms with van der Waals surface area (Å²) >= 11 is 6.06. The second-order valence-electron chi connectivity index (χ2n) is 6.65. The molecule has 2 saturated heterocycles. The molecule has 0 aliphatic carbocycles. The lowest BCUT2D eigenvalue weighted by atomic mass is 10.1. The molecule has 1 unspecified atom stereocenters. The number of halogens is 1. The highest BCUT2D eigenvalue weighted by atomic mass is 35.5. The SMILES string of the molecule is CCNC(=NCCc1cccc(Cl)c1)N1CCC(N2CCOCC2)C1. The van der Waals surface area contributed by atoms with Gasteiger partial charge in [-0.1, -0.05) is 23.7 Å². The van der Waals surface area contributed by atoms with Gasteiger partial charge in [0.05, 0.1) is 13.2 Å². The zero-order valence-corrected chi connectivity index (χ0v) is 15.8. The molecule has 0 aromatic heterocycles. The van der Waals surface area contributed by atoms with E-state index in [1.165, 1.54) is 12.0 Å². The standard InChI is InChI=1S/C19H29ClN4O/c1-2-21-19(22-8-6-16-4-3-5-17(20)14-16)24-9-7-18(15-24)23-10-12-25-13-11-23/h3-5,14,18H,2,6-13,15H2,1H3,(H,21,22). The Morgan fingerprint density at radius 2 is 2.16 bits per heavy atom. The molecule has 1 N–H and O–H groups in total. The number of ether oxygens (including phenoxy) is 1. The van der Waals surface area contributed by atoms with Gasteiger partial charge in [-0.05, 0) is 37.5 Å². The predicted molar refractivity (Wildman–Crippen MR) is 104 cm³/mol. The van der Waals surface area contributed by atoms with Crippen molar-refractivity contribution in [2.75, 3.05) is 52.5 Å². The summed E-state index contributed by atoms with van der Waals surface area (Å²) in [6, 6.07) is 8.67. The highest BCUT2D eigenvalue weighted by Crippen LogP contribution is 2.17. The van der Waals surface area contributed by atoms with Crippen LogP contribution in [-0.2, 0) is 11.2 Å². The number of benzene rings is 1. The van der Waals surface area contributed by atoms with Gasteiger partial charge in [0.2, 0.25) is 0 Å². The van der Waals surface area contributed by atoms with Crippen molar-refractivity contribution in [1.29, 1.82) is 0 Å². The molecule has 0 saturated carbocycles. The Labute approximate surface area is 156 Å². The minimum atomic E-state index is 0.626. The average molecular weight is 365 g/mol. The van der Waals surface area contributed by atoms with Crippen molar-refractivity contribution in [3.05, 3.63) is 34.9 Å². The summed E-state index contributed by atoms with van der Waals surface area (Å²) in [5.74, 6) is 1.04. The fraction of sp³-hybridized carbons (Fsp3) is 0.632. The Balaban J connectivity index is 1.55. The maximum atomic E-state index is 6.06. The molecule has 3 rings (SSSR count). The Kier molecular flexibility index (Phi) is 6.96. The van der Waals surface area contributed by atoms with Crippen LogP contribution in [0.4, 0.5) is 0 Å². The first-order chi connectivity index (χ1) is 12.3. The highest BCUT2D eigenvalue weighted by Gasteiger charge is 2.30. The molecule has 6 heteroatoms. The van der Waals surface area contributed by atoms with Gasteiger partial charge in [-0.25, -0.2) is 0 Å². The second-order valence-corrected chi connectivity index (χ2v) is 7.09. The van der Waals surface area contributed by atoms with E-state index in [1.54, 1.807) is 0 Å². The Bertz CT molecular complexity index is 574. The van der Waals surface area contributed by atoms with E-state index in [4.69, 9.17) is 21.3 Å². The van der Waals surface area contributed by atoms with Crippen LogP contribution in [0.15, 0.2) is 29.3 Å². The van der Waals surface area contributed by atoms with Gasteiger partial charge >= 0.3 is 0 Å². The number of aliphatic imine (C=N–C) groups is 1. The summed E-state index contributed by atoms with van der Waals surface area (Å²) in [6.07, 6.45) is 2.12. The Hall–Kier alpha value is -1.30. The number of hydrogen-bond acceptors (Lipinski definition) is 3. The molecular weight excluding hydrogens is 336 g/mol. The molecule has 2 heterocycles. The Morgan fingerprint density at radius 3 is 2.92 bits per heavy atom.